The van der Waals surface area contributed by atoms with Gasteiger partial charge in [0.1, 0.15) is 5.75 Å². The maximum atomic E-state index is 9.83. The first-order valence-corrected chi connectivity index (χ1v) is 6.47. The molecule has 2 rings (SSSR count). The molecule has 2 aromatic rings. The number of hydrogen-bond acceptors (Lipinski definition) is 3. The second-order valence-corrected chi connectivity index (χ2v) is 4.76. The van der Waals surface area contributed by atoms with E-state index in [9.17, 15) is 5.11 Å². The molecule has 0 bridgehead atoms. The zero-order valence-electron chi connectivity index (χ0n) is 11.4. The van der Waals surface area contributed by atoms with Gasteiger partial charge >= 0.3 is 0 Å². The molecule has 0 aromatic heterocycles. The van der Waals surface area contributed by atoms with Gasteiger partial charge in [-0.05, 0) is 42.3 Å². The summed E-state index contributed by atoms with van der Waals surface area (Å²) in [5, 5.41) is 9.83. The van der Waals surface area contributed by atoms with Crippen molar-refractivity contribution in [2.24, 2.45) is 0 Å². The van der Waals surface area contributed by atoms with Gasteiger partial charge in [-0.15, -0.1) is 0 Å². The molecule has 2 aromatic carbocycles. The average Bonchev–Trinajstić information content (AvgIpc) is 2.43. The van der Waals surface area contributed by atoms with Crippen molar-refractivity contribution in [3.05, 3.63) is 53.6 Å². The topological polar surface area (TPSA) is 49.5 Å². The Morgan fingerprint density at radius 1 is 1.11 bits per heavy atom. The molecule has 0 amide bonds. The molecule has 0 fully saturated rings. The third-order valence-electron chi connectivity index (χ3n) is 3.30. The van der Waals surface area contributed by atoms with Gasteiger partial charge in [0.2, 0.25) is 0 Å². The quantitative estimate of drug-likeness (QED) is 0.652. The molecule has 100 valence electrons. The molecule has 0 saturated heterocycles. The molecular formula is C16H20N2O. The SMILES string of the molecule is CCc1ccc(N(C)Cc2cc(N)ccc2O)cc1. The normalized spacial score (nSPS) is 10.4. The number of nitrogens with two attached hydrogens (primary N) is 1. The van der Waals surface area contributed by atoms with E-state index in [1.165, 1.54) is 5.56 Å². The van der Waals surface area contributed by atoms with Crippen molar-refractivity contribution in [3.63, 3.8) is 0 Å². The standard InChI is InChI=1S/C16H20N2O/c1-3-12-4-7-15(8-5-12)18(2)11-13-10-14(17)6-9-16(13)19/h4-10,19H,3,11,17H2,1-2H3. The van der Waals surface area contributed by atoms with E-state index < -0.39 is 0 Å². The number of hydrogen-bond donors (Lipinski definition) is 2. The molecular weight excluding hydrogens is 236 g/mol. The average molecular weight is 256 g/mol. The van der Waals surface area contributed by atoms with Crippen molar-refractivity contribution >= 4 is 11.4 Å². The van der Waals surface area contributed by atoms with Gasteiger partial charge < -0.3 is 15.7 Å². The van der Waals surface area contributed by atoms with E-state index in [-0.39, 0.29) is 5.75 Å². The van der Waals surface area contributed by atoms with Gasteiger partial charge in [-0.1, -0.05) is 19.1 Å². The minimum atomic E-state index is 0.284. The van der Waals surface area contributed by atoms with Crippen molar-refractivity contribution in [1.82, 2.24) is 0 Å². The second-order valence-electron chi connectivity index (χ2n) is 4.76. The number of rotatable bonds is 4. The molecule has 0 heterocycles. The predicted molar refractivity (Wildman–Crippen MR) is 80.4 cm³/mol. The molecule has 0 saturated carbocycles. The zero-order valence-corrected chi connectivity index (χ0v) is 11.4. The minimum Gasteiger partial charge on any atom is -0.508 e. The first-order chi connectivity index (χ1) is 9.10. The van der Waals surface area contributed by atoms with Crippen molar-refractivity contribution in [2.45, 2.75) is 19.9 Å². The molecule has 0 spiro atoms. The minimum absolute atomic E-state index is 0.284. The fraction of sp³-hybridized carbons (Fsp3) is 0.250. The first-order valence-electron chi connectivity index (χ1n) is 6.47. The number of nitrogens with zero attached hydrogens (tertiary/aromatic N) is 1. The number of nitrogen functional groups attached to an aromatic ring is 1. The summed E-state index contributed by atoms with van der Waals surface area (Å²) >= 11 is 0. The lowest BCUT2D eigenvalue weighted by molar-refractivity contribution is 0.468. The Balaban J connectivity index is 2.15. The van der Waals surface area contributed by atoms with Gasteiger partial charge in [0, 0.05) is 30.5 Å². The summed E-state index contributed by atoms with van der Waals surface area (Å²) in [6, 6.07) is 13.6. The Hall–Kier alpha value is -2.16. The van der Waals surface area contributed by atoms with Crippen LogP contribution in [-0.2, 0) is 13.0 Å². The Kier molecular flexibility index (Phi) is 3.95. The van der Waals surface area contributed by atoms with E-state index >= 15 is 0 Å². The molecule has 0 unspecified atom stereocenters. The highest BCUT2D eigenvalue weighted by Gasteiger charge is 2.06. The third-order valence-corrected chi connectivity index (χ3v) is 3.30. The van der Waals surface area contributed by atoms with Gasteiger partial charge in [-0.2, -0.15) is 0 Å². The highest BCUT2D eigenvalue weighted by atomic mass is 16.3. The van der Waals surface area contributed by atoms with Crippen LogP contribution in [0.4, 0.5) is 11.4 Å². The lowest BCUT2D eigenvalue weighted by atomic mass is 10.1. The summed E-state index contributed by atoms with van der Waals surface area (Å²) in [7, 11) is 2.00. The maximum Gasteiger partial charge on any atom is 0.120 e. The molecule has 3 N–H and O–H groups in total. The highest BCUT2D eigenvalue weighted by molar-refractivity contribution is 5.51. The fourth-order valence-corrected chi connectivity index (χ4v) is 2.07. The van der Waals surface area contributed by atoms with Crippen molar-refractivity contribution in [1.29, 1.82) is 0 Å². The molecule has 19 heavy (non-hydrogen) atoms. The van der Waals surface area contributed by atoms with Crippen LogP contribution >= 0.6 is 0 Å². The van der Waals surface area contributed by atoms with Crippen LogP contribution in [0, 0.1) is 0 Å². The first kappa shape index (κ1) is 13.3. The number of benzene rings is 2. The largest absolute Gasteiger partial charge is 0.508 e. The van der Waals surface area contributed by atoms with Crippen LogP contribution < -0.4 is 10.6 Å². The van der Waals surface area contributed by atoms with Crippen LogP contribution in [0.5, 0.6) is 5.75 Å². The van der Waals surface area contributed by atoms with Gasteiger partial charge in [0.15, 0.2) is 0 Å². The summed E-state index contributed by atoms with van der Waals surface area (Å²) in [5.74, 6) is 0.284. The predicted octanol–water partition coefficient (Wildman–Crippen LogP) is 3.17. The van der Waals surface area contributed by atoms with E-state index in [0.717, 1.165) is 17.7 Å². The van der Waals surface area contributed by atoms with Crippen LogP contribution in [0.1, 0.15) is 18.1 Å². The number of phenols is 1. The van der Waals surface area contributed by atoms with Crippen LogP contribution in [-0.4, -0.2) is 12.2 Å². The second kappa shape index (κ2) is 5.65. The lowest BCUT2D eigenvalue weighted by Crippen LogP contribution is -2.16. The van der Waals surface area contributed by atoms with E-state index in [4.69, 9.17) is 5.73 Å². The molecule has 3 heteroatoms. The maximum absolute atomic E-state index is 9.83. The molecule has 0 aliphatic heterocycles. The molecule has 0 aliphatic rings. The van der Waals surface area contributed by atoms with Gasteiger partial charge in [0.05, 0.1) is 0 Å². The number of aryl methyl sites for hydroxylation is 1. The summed E-state index contributed by atoms with van der Waals surface area (Å²) < 4.78 is 0. The van der Waals surface area contributed by atoms with Crippen molar-refractivity contribution in [3.8, 4) is 5.75 Å². The third kappa shape index (κ3) is 3.19. The summed E-state index contributed by atoms with van der Waals surface area (Å²) in [5.41, 5.74) is 9.70. The molecule has 0 aliphatic carbocycles. The van der Waals surface area contributed by atoms with Gasteiger partial charge in [-0.3, -0.25) is 0 Å². The summed E-state index contributed by atoms with van der Waals surface area (Å²) in [6.07, 6.45) is 1.04. The highest BCUT2D eigenvalue weighted by Crippen LogP contribution is 2.23. The van der Waals surface area contributed by atoms with Gasteiger partial charge in [-0.25, -0.2) is 0 Å². The fourth-order valence-electron chi connectivity index (χ4n) is 2.07. The monoisotopic (exact) mass is 256 g/mol. The van der Waals surface area contributed by atoms with Crippen molar-refractivity contribution in [2.75, 3.05) is 17.7 Å². The van der Waals surface area contributed by atoms with Crippen LogP contribution in [0.15, 0.2) is 42.5 Å². The summed E-state index contributed by atoms with van der Waals surface area (Å²) in [4.78, 5) is 2.09. The Bertz CT molecular complexity index is 549. The van der Waals surface area contributed by atoms with Crippen molar-refractivity contribution < 1.29 is 5.11 Å². The molecule has 0 radical (unpaired) electrons. The molecule has 0 atom stereocenters. The zero-order chi connectivity index (χ0) is 13.8. The van der Waals surface area contributed by atoms with Gasteiger partial charge in [0.25, 0.3) is 0 Å². The Morgan fingerprint density at radius 2 is 1.79 bits per heavy atom. The van der Waals surface area contributed by atoms with E-state index in [1.54, 1.807) is 12.1 Å². The Morgan fingerprint density at radius 3 is 2.42 bits per heavy atom. The Labute approximate surface area is 114 Å². The van der Waals surface area contributed by atoms with Crippen LogP contribution in [0.25, 0.3) is 0 Å². The van der Waals surface area contributed by atoms with E-state index in [2.05, 4.69) is 36.1 Å². The smallest absolute Gasteiger partial charge is 0.120 e. The number of aromatic hydroxyl groups is 1. The van der Waals surface area contributed by atoms with Crippen LogP contribution in [0.3, 0.4) is 0 Å². The lowest BCUT2D eigenvalue weighted by Gasteiger charge is -2.20. The number of phenolic OH excluding ortho intramolecular Hbond substituents is 1. The van der Waals surface area contributed by atoms with Crippen LogP contribution in [0.2, 0.25) is 0 Å². The number of anilines is 2. The van der Waals surface area contributed by atoms with E-state index in [0.29, 0.717) is 12.2 Å². The van der Waals surface area contributed by atoms with E-state index in [1.807, 2.05) is 13.1 Å². The summed E-state index contributed by atoms with van der Waals surface area (Å²) in [6.45, 7) is 2.77. The molecule has 3 nitrogen and oxygen atoms in total.